The van der Waals surface area contributed by atoms with E-state index in [1.165, 1.54) is 0 Å². The number of rotatable bonds is 0. The van der Waals surface area contributed by atoms with Crippen LogP contribution in [0.15, 0.2) is 0 Å². The van der Waals surface area contributed by atoms with Gasteiger partial charge in [-0.25, -0.2) is 0 Å². The highest BCUT2D eigenvalue weighted by atomic mass is 32.3. The van der Waals surface area contributed by atoms with E-state index in [1.54, 1.807) is 0 Å². The van der Waals surface area contributed by atoms with Crippen LogP contribution in [0.1, 0.15) is 0 Å². The third-order valence-electron chi connectivity index (χ3n) is 0. The van der Waals surface area contributed by atoms with Gasteiger partial charge in [-0.05, 0) is 0 Å². The van der Waals surface area contributed by atoms with Crippen molar-refractivity contribution in [3.8, 4) is 0 Å². The fraction of sp³-hybridized carbons (Fsp3) is 0. The predicted octanol–water partition coefficient (Wildman–Crippen LogP) is 1.01. The van der Waals surface area contributed by atoms with Gasteiger partial charge in [-0.1, -0.05) is 15.5 Å². The Hall–Kier alpha value is 0.0200. The summed E-state index contributed by atoms with van der Waals surface area (Å²) in [5, 5.41) is 0. The summed E-state index contributed by atoms with van der Waals surface area (Å²) in [6.45, 7) is 0. The van der Waals surface area contributed by atoms with Crippen LogP contribution >= 0.6 is 0 Å². The largest absolute Gasteiger partial charge is 0.385 e. The van der Waals surface area contributed by atoms with Gasteiger partial charge in [0.25, 0.3) is 0 Å². The van der Waals surface area contributed by atoms with Gasteiger partial charge in [0.1, 0.15) is 0 Å². The highest BCUT2D eigenvalue weighted by molar-refractivity contribution is 7.74. The molecule has 0 aliphatic carbocycles. The van der Waals surface area contributed by atoms with Crippen LogP contribution in [0.25, 0.3) is 0 Å². The lowest BCUT2D eigenvalue weighted by atomic mass is 16.0. The Morgan fingerprint density at radius 3 is 0.750 bits per heavy atom. The van der Waals surface area contributed by atoms with Crippen molar-refractivity contribution >= 4 is 23.1 Å². The summed E-state index contributed by atoms with van der Waals surface area (Å²) >= 11 is -7.22. The third-order valence-corrected chi connectivity index (χ3v) is 0. The first-order valence-corrected chi connectivity index (χ1v) is 2.85. The van der Waals surface area contributed by atoms with Gasteiger partial charge in [0, 0.05) is 0 Å². The molecule has 0 aromatic heterocycles. The van der Waals surface area contributed by atoms with Crippen molar-refractivity contribution in [3.63, 3.8) is 0 Å². The molecule has 0 aliphatic rings. The minimum atomic E-state index is -3.61. The Morgan fingerprint density at radius 1 is 0.750 bits per heavy atom. The van der Waals surface area contributed by atoms with E-state index in [4.69, 9.17) is 8.42 Å². The molecule has 0 amide bonds. The van der Waals surface area contributed by atoms with Crippen molar-refractivity contribution in [2.75, 3.05) is 0 Å². The fourth-order valence-electron chi connectivity index (χ4n) is 0. The van der Waals surface area contributed by atoms with Crippen molar-refractivity contribution in [1.82, 2.24) is 0 Å². The van der Waals surface area contributed by atoms with Gasteiger partial charge in [0.2, 0.25) is 0 Å². The standard InChI is InChI=1S/2F2OS/c2*1-4(2)3. The van der Waals surface area contributed by atoms with Crippen molar-refractivity contribution in [2.45, 2.75) is 0 Å². The molecule has 0 aromatic rings. The van der Waals surface area contributed by atoms with Gasteiger partial charge in [0.05, 0.1) is 0 Å². The summed E-state index contributed by atoms with van der Waals surface area (Å²) in [5.74, 6) is 0. The molecule has 0 atom stereocenters. The Labute approximate surface area is 48.0 Å². The SMILES string of the molecule is O=S(F)F.O=S(F)F. The summed E-state index contributed by atoms with van der Waals surface area (Å²) in [6.07, 6.45) is 0. The van der Waals surface area contributed by atoms with E-state index in [9.17, 15) is 15.5 Å². The molecule has 0 heterocycles. The molecule has 0 radical (unpaired) electrons. The smallest absolute Gasteiger partial charge is 0.187 e. The predicted molar refractivity (Wildman–Crippen MR) is 20.7 cm³/mol. The van der Waals surface area contributed by atoms with Crippen molar-refractivity contribution < 1.29 is 24.0 Å². The summed E-state index contributed by atoms with van der Waals surface area (Å²) in [5.41, 5.74) is 0. The van der Waals surface area contributed by atoms with Crippen LogP contribution in [0.4, 0.5) is 15.5 Å². The second-order valence-electron chi connectivity index (χ2n) is 0.369. The summed E-state index contributed by atoms with van der Waals surface area (Å²) in [4.78, 5) is 0. The molecule has 52 valence electrons. The quantitative estimate of drug-likeness (QED) is 0.403. The van der Waals surface area contributed by atoms with E-state index in [-0.39, 0.29) is 0 Å². The number of hydrogen-bond donors (Lipinski definition) is 0. The van der Waals surface area contributed by atoms with Crippen LogP contribution in [0.5, 0.6) is 0 Å². The topological polar surface area (TPSA) is 34.1 Å². The molecular weight excluding hydrogens is 172 g/mol. The molecule has 0 unspecified atom stereocenters. The lowest BCUT2D eigenvalue weighted by Gasteiger charge is -1.47. The summed E-state index contributed by atoms with van der Waals surface area (Å²) < 4.78 is 55.7. The normalized spacial score (nSPS) is 8.75. The van der Waals surface area contributed by atoms with Crippen LogP contribution in [0, 0.1) is 0 Å². The average molecular weight is 172 g/mol. The Kier molecular flexibility index (Phi) is 9.57. The third kappa shape index (κ3) is 379000. The van der Waals surface area contributed by atoms with Crippen LogP contribution in [-0.2, 0) is 23.1 Å². The zero-order valence-corrected chi connectivity index (χ0v) is 4.78. The zero-order chi connectivity index (χ0) is 7.15. The first-order chi connectivity index (χ1) is 3.46. The van der Waals surface area contributed by atoms with Gasteiger partial charge in [-0.2, -0.15) is 8.42 Å². The maximum absolute atomic E-state index is 9.81. The van der Waals surface area contributed by atoms with E-state index in [0.717, 1.165) is 0 Å². The molecule has 0 saturated carbocycles. The molecule has 0 fully saturated rings. The van der Waals surface area contributed by atoms with E-state index in [2.05, 4.69) is 0 Å². The lowest BCUT2D eigenvalue weighted by Crippen LogP contribution is -1.49. The molecule has 0 N–H and O–H groups in total. The molecule has 2 nitrogen and oxygen atoms in total. The molecule has 0 aromatic carbocycles. The molecule has 0 rings (SSSR count). The van der Waals surface area contributed by atoms with Gasteiger partial charge in [-0.15, -0.1) is 0 Å². The minimum absolute atomic E-state index is 3.61. The van der Waals surface area contributed by atoms with Gasteiger partial charge < -0.3 is 0 Å². The second-order valence-corrected chi connectivity index (χ2v) is 1.11. The lowest BCUT2D eigenvalue weighted by molar-refractivity contribution is 0.600. The molecule has 0 aliphatic heterocycles. The minimum Gasteiger partial charge on any atom is -0.187 e. The van der Waals surface area contributed by atoms with Crippen LogP contribution in [-0.4, -0.2) is 8.42 Å². The van der Waals surface area contributed by atoms with E-state index in [1.807, 2.05) is 0 Å². The first-order valence-electron chi connectivity index (χ1n) is 0.951. The maximum atomic E-state index is 9.81. The summed E-state index contributed by atoms with van der Waals surface area (Å²) in [6, 6.07) is 0. The number of hydrogen-bond acceptors (Lipinski definition) is 2. The Balaban J connectivity index is 0. The van der Waals surface area contributed by atoms with Crippen molar-refractivity contribution in [2.24, 2.45) is 0 Å². The molecule has 0 spiro atoms. The van der Waals surface area contributed by atoms with Crippen LogP contribution in [0.2, 0.25) is 0 Å². The van der Waals surface area contributed by atoms with Crippen molar-refractivity contribution in [1.29, 1.82) is 0 Å². The van der Waals surface area contributed by atoms with Gasteiger partial charge in [-0.3, -0.25) is 0 Å². The van der Waals surface area contributed by atoms with Crippen LogP contribution in [0.3, 0.4) is 0 Å². The molecular formula is F4O2S2. The molecule has 0 saturated heterocycles. The Morgan fingerprint density at radius 2 is 0.750 bits per heavy atom. The molecule has 0 bridgehead atoms. The van der Waals surface area contributed by atoms with E-state index in [0.29, 0.717) is 0 Å². The highest BCUT2D eigenvalue weighted by Gasteiger charge is 1.74. The van der Waals surface area contributed by atoms with E-state index < -0.39 is 23.1 Å². The van der Waals surface area contributed by atoms with E-state index >= 15 is 0 Å². The van der Waals surface area contributed by atoms with Gasteiger partial charge in [0.15, 0.2) is 0 Å². The summed E-state index contributed by atoms with van der Waals surface area (Å²) in [7, 11) is 0. The van der Waals surface area contributed by atoms with Crippen LogP contribution < -0.4 is 0 Å². The fourth-order valence-corrected chi connectivity index (χ4v) is 0. The first kappa shape index (κ1) is 10.9. The maximum Gasteiger partial charge on any atom is 0.385 e. The molecule has 8 heteroatoms. The second kappa shape index (κ2) is 7.02. The highest BCUT2D eigenvalue weighted by Crippen LogP contribution is 1.75. The Bertz CT molecular complexity index is 70.0. The monoisotopic (exact) mass is 172 g/mol. The van der Waals surface area contributed by atoms with Crippen molar-refractivity contribution in [3.05, 3.63) is 0 Å². The average Bonchev–Trinajstić information content (AvgIpc) is 1.25. The number of halogens is 4. The zero-order valence-electron chi connectivity index (χ0n) is 3.14. The van der Waals surface area contributed by atoms with Gasteiger partial charge >= 0.3 is 23.1 Å². The molecule has 8 heavy (non-hydrogen) atoms.